The number of rotatable bonds is 7. The maximum atomic E-state index is 12.3. The maximum absolute atomic E-state index is 12.3. The lowest BCUT2D eigenvalue weighted by Gasteiger charge is -2.10. The molecule has 0 fully saturated rings. The summed E-state index contributed by atoms with van der Waals surface area (Å²) in [6, 6.07) is 9.06. The molecule has 2 N–H and O–H groups in total. The summed E-state index contributed by atoms with van der Waals surface area (Å²) in [6.45, 7) is 4.28. The van der Waals surface area contributed by atoms with Gasteiger partial charge in [0.25, 0.3) is 5.91 Å². The summed E-state index contributed by atoms with van der Waals surface area (Å²) in [6.07, 6.45) is 0.552. The molecule has 8 heteroatoms. The van der Waals surface area contributed by atoms with Crippen molar-refractivity contribution in [3.05, 3.63) is 52.7 Å². The molecule has 1 aromatic carbocycles. The van der Waals surface area contributed by atoms with E-state index < -0.39 is 0 Å². The number of aromatic nitrogens is 2. The Labute approximate surface area is 160 Å². The molecule has 3 rings (SSSR count). The van der Waals surface area contributed by atoms with Gasteiger partial charge >= 0.3 is 0 Å². The number of nitrogens with zero attached hydrogens (tertiary/aromatic N) is 2. The molecule has 0 bridgehead atoms. The highest BCUT2D eigenvalue weighted by Gasteiger charge is 2.13. The molecule has 0 aliphatic rings. The Morgan fingerprint density at radius 1 is 1.26 bits per heavy atom. The second-order valence-corrected chi connectivity index (χ2v) is 6.87. The molecule has 0 atom stereocenters. The Morgan fingerprint density at radius 2 is 2.11 bits per heavy atom. The van der Waals surface area contributed by atoms with Gasteiger partial charge in [-0.05, 0) is 43.0 Å². The van der Waals surface area contributed by atoms with Crippen molar-refractivity contribution in [3.63, 3.8) is 0 Å². The van der Waals surface area contributed by atoms with E-state index in [4.69, 9.17) is 4.52 Å². The van der Waals surface area contributed by atoms with Crippen molar-refractivity contribution >= 4 is 28.8 Å². The first-order chi connectivity index (χ1) is 13.1. The van der Waals surface area contributed by atoms with E-state index in [1.54, 1.807) is 12.1 Å². The Kier molecular flexibility index (Phi) is 5.97. The SMILES string of the molecule is CCNC(=O)c1ccc(C)c(NC(=O)CCc2nc(-c3cccs3)no2)c1. The lowest BCUT2D eigenvalue weighted by molar-refractivity contribution is -0.116. The minimum atomic E-state index is -0.179. The zero-order chi connectivity index (χ0) is 19.2. The van der Waals surface area contributed by atoms with Crippen LogP contribution in [0.1, 0.15) is 35.2 Å². The predicted octanol–water partition coefficient (Wildman–Crippen LogP) is 3.43. The van der Waals surface area contributed by atoms with E-state index in [-0.39, 0.29) is 18.2 Å². The Bertz CT molecular complexity index is 934. The predicted molar refractivity (Wildman–Crippen MR) is 104 cm³/mol. The molecule has 0 aliphatic heterocycles. The molecule has 2 amide bonds. The molecule has 0 spiro atoms. The summed E-state index contributed by atoms with van der Waals surface area (Å²) < 4.78 is 5.20. The Balaban J connectivity index is 1.59. The van der Waals surface area contributed by atoms with Crippen LogP contribution in [0.15, 0.2) is 40.2 Å². The molecule has 2 aromatic heterocycles. The van der Waals surface area contributed by atoms with Crippen molar-refractivity contribution in [1.82, 2.24) is 15.5 Å². The number of amides is 2. The number of benzene rings is 1. The minimum Gasteiger partial charge on any atom is -0.352 e. The van der Waals surface area contributed by atoms with Crippen molar-refractivity contribution in [2.75, 3.05) is 11.9 Å². The molecule has 140 valence electrons. The van der Waals surface area contributed by atoms with E-state index in [9.17, 15) is 9.59 Å². The van der Waals surface area contributed by atoms with Crippen LogP contribution in [-0.4, -0.2) is 28.5 Å². The number of hydrogen-bond acceptors (Lipinski definition) is 6. The highest BCUT2D eigenvalue weighted by atomic mass is 32.1. The quantitative estimate of drug-likeness (QED) is 0.650. The van der Waals surface area contributed by atoms with Crippen molar-refractivity contribution in [1.29, 1.82) is 0 Å². The maximum Gasteiger partial charge on any atom is 0.251 e. The smallest absolute Gasteiger partial charge is 0.251 e. The fraction of sp³-hybridized carbons (Fsp3) is 0.263. The second kappa shape index (κ2) is 8.59. The molecule has 0 unspecified atom stereocenters. The number of hydrogen-bond donors (Lipinski definition) is 2. The summed E-state index contributed by atoms with van der Waals surface area (Å²) in [5.41, 5.74) is 2.01. The van der Waals surface area contributed by atoms with E-state index in [1.807, 2.05) is 37.4 Å². The van der Waals surface area contributed by atoms with E-state index in [2.05, 4.69) is 20.8 Å². The third-order valence-corrected chi connectivity index (χ3v) is 4.75. The molecule has 3 aromatic rings. The molecule has 7 nitrogen and oxygen atoms in total. The number of thiophene rings is 1. The van der Waals surface area contributed by atoms with Crippen LogP contribution in [0.5, 0.6) is 0 Å². The summed E-state index contributed by atoms with van der Waals surface area (Å²) in [5, 5.41) is 11.5. The third-order valence-electron chi connectivity index (χ3n) is 3.89. The van der Waals surface area contributed by atoms with E-state index in [0.717, 1.165) is 10.4 Å². The monoisotopic (exact) mass is 384 g/mol. The van der Waals surface area contributed by atoms with Gasteiger partial charge in [0.15, 0.2) is 0 Å². The Hall–Kier alpha value is -3.00. The zero-order valence-corrected chi connectivity index (χ0v) is 15.9. The van der Waals surface area contributed by atoms with Crippen LogP contribution < -0.4 is 10.6 Å². The molecular formula is C19H20N4O3S. The van der Waals surface area contributed by atoms with Gasteiger partial charge in [-0.1, -0.05) is 17.3 Å². The molecule has 0 saturated carbocycles. The number of anilines is 1. The average molecular weight is 384 g/mol. The van der Waals surface area contributed by atoms with E-state index in [0.29, 0.717) is 35.9 Å². The molecule has 27 heavy (non-hydrogen) atoms. The van der Waals surface area contributed by atoms with Gasteiger partial charge in [-0.3, -0.25) is 9.59 Å². The lowest BCUT2D eigenvalue weighted by Crippen LogP contribution is -2.23. The second-order valence-electron chi connectivity index (χ2n) is 5.93. The highest BCUT2D eigenvalue weighted by molar-refractivity contribution is 7.13. The van der Waals surface area contributed by atoms with Crippen LogP contribution in [0.2, 0.25) is 0 Å². The standard InChI is InChI=1S/C19H20N4O3S/c1-3-20-19(25)13-7-6-12(2)14(11-13)21-16(24)8-9-17-22-18(23-26-17)15-5-4-10-27-15/h4-7,10-11H,3,8-9H2,1-2H3,(H,20,25)(H,21,24). The van der Waals surface area contributed by atoms with Gasteiger partial charge in [-0.25, -0.2) is 0 Å². The van der Waals surface area contributed by atoms with E-state index in [1.165, 1.54) is 11.3 Å². The average Bonchev–Trinajstić information content (AvgIpc) is 3.33. The minimum absolute atomic E-state index is 0.167. The number of carbonyl (C=O) groups is 2. The van der Waals surface area contributed by atoms with Crippen LogP contribution in [0.3, 0.4) is 0 Å². The summed E-state index contributed by atoms with van der Waals surface area (Å²) in [5.74, 6) is 0.606. The molecule has 2 heterocycles. The van der Waals surface area contributed by atoms with E-state index >= 15 is 0 Å². The van der Waals surface area contributed by atoms with Crippen LogP contribution >= 0.6 is 11.3 Å². The number of aryl methyl sites for hydroxylation is 2. The van der Waals surface area contributed by atoms with Crippen LogP contribution in [0.25, 0.3) is 10.7 Å². The van der Waals surface area contributed by atoms with Crippen molar-refractivity contribution in [3.8, 4) is 10.7 Å². The van der Waals surface area contributed by atoms with Gasteiger partial charge in [0.1, 0.15) is 0 Å². The Morgan fingerprint density at radius 3 is 2.85 bits per heavy atom. The van der Waals surface area contributed by atoms with Crippen LogP contribution in [-0.2, 0) is 11.2 Å². The van der Waals surface area contributed by atoms with Crippen molar-refractivity contribution < 1.29 is 14.1 Å². The lowest BCUT2D eigenvalue weighted by atomic mass is 10.1. The van der Waals surface area contributed by atoms with Gasteiger partial charge < -0.3 is 15.2 Å². The molecule has 0 radical (unpaired) electrons. The van der Waals surface area contributed by atoms with Gasteiger partial charge in [0, 0.05) is 30.6 Å². The summed E-state index contributed by atoms with van der Waals surface area (Å²) in [4.78, 5) is 29.5. The van der Waals surface area contributed by atoms with Crippen molar-refractivity contribution in [2.24, 2.45) is 0 Å². The topological polar surface area (TPSA) is 97.1 Å². The first kappa shape index (κ1) is 18.8. The number of carbonyl (C=O) groups excluding carboxylic acids is 2. The summed E-state index contributed by atoms with van der Waals surface area (Å²) in [7, 11) is 0. The molecule has 0 saturated heterocycles. The van der Waals surface area contributed by atoms with Crippen LogP contribution in [0, 0.1) is 6.92 Å². The number of nitrogens with one attached hydrogen (secondary N) is 2. The fourth-order valence-electron chi connectivity index (χ4n) is 2.46. The first-order valence-electron chi connectivity index (χ1n) is 8.62. The largest absolute Gasteiger partial charge is 0.352 e. The van der Waals surface area contributed by atoms with Gasteiger partial charge in [0.2, 0.25) is 17.6 Å². The molecule has 0 aliphatic carbocycles. The zero-order valence-electron chi connectivity index (χ0n) is 15.1. The summed E-state index contributed by atoms with van der Waals surface area (Å²) >= 11 is 1.53. The van der Waals surface area contributed by atoms with Crippen molar-refractivity contribution in [2.45, 2.75) is 26.7 Å². The molecular weight excluding hydrogens is 364 g/mol. The normalized spacial score (nSPS) is 10.6. The van der Waals surface area contributed by atoms with Crippen LogP contribution in [0.4, 0.5) is 5.69 Å². The third kappa shape index (κ3) is 4.79. The van der Waals surface area contributed by atoms with Gasteiger partial charge in [0.05, 0.1) is 4.88 Å². The van der Waals surface area contributed by atoms with Gasteiger partial charge in [-0.15, -0.1) is 11.3 Å². The highest BCUT2D eigenvalue weighted by Crippen LogP contribution is 2.22. The first-order valence-corrected chi connectivity index (χ1v) is 9.50. The van der Waals surface area contributed by atoms with Gasteiger partial charge in [-0.2, -0.15) is 4.98 Å². The fourth-order valence-corrected chi connectivity index (χ4v) is 3.11.